The van der Waals surface area contributed by atoms with E-state index in [9.17, 15) is 15.2 Å². The SMILES string of the molecule is NN([O-])C1=CC=C(N(N)[O-])C2c3ccccc3C(=O)C12. The first-order valence-corrected chi connectivity index (χ1v) is 6.01. The molecule has 0 spiro atoms. The fourth-order valence-corrected chi connectivity index (χ4v) is 2.93. The maximum Gasteiger partial charge on any atom is 0.173 e. The van der Waals surface area contributed by atoms with E-state index in [1.807, 2.05) is 0 Å². The Morgan fingerprint density at radius 2 is 1.50 bits per heavy atom. The Bertz CT molecular complexity index is 636. The van der Waals surface area contributed by atoms with Crippen LogP contribution in [0.4, 0.5) is 0 Å². The molecule has 0 heterocycles. The molecule has 1 aromatic rings. The highest BCUT2D eigenvalue weighted by molar-refractivity contribution is 6.05. The summed E-state index contributed by atoms with van der Waals surface area (Å²) in [5.41, 5.74) is 1.54. The normalized spacial score (nSPS) is 23.7. The van der Waals surface area contributed by atoms with E-state index in [1.165, 1.54) is 12.2 Å². The lowest BCUT2D eigenvalue weighted by Crippen LogP contribution is -2.37. The Morgan fingerprint density at radius 1 is 0.950 bits per heavy atom. The first-order chi connectivity index (χ1) is 9.52. The van der Waals surface area contributed by atoms with Crippen molar-refractivity contribution in [1.82, 2.24) is 10.3 Å². The van der Waals surface area contributed by atoms with Crippen LogP contribution in [0.25, 0.3) is 0 Å². The van der Waals surface area contributed by atoms with Gasteiger partial charge in [0, 0.05) is 22.9 Å². The highest BCUT2D eigenvalue weighted by atomic mass is 16.5. The van der Waals surface area contributed by atoms with Crippen LogP contribution in [-0.4, -0.2) is 16.1 Å². The monoisotopic (exact) mass is 272 g/mol. The Hall–Kier alpha value is -2.19. The van der Waals surface area contributed by atoms with Crippen LogP contribution in [-0.2, 0) is 0 Å². The maximum absolute atomic E-state index is 12.5. The van der Waals surface area contributed by atoms with Crippen LogP contribution >= 0.6 is 0 Å². The van der Waals surface area contributed by atoms with E-state index < -0.39 is 11.8 Å². The third-order valence-electron chi connectivity index (χ3n) is 3.75. The first-order valence-electron chi connectivity index (χ1n) is 6.01. The van der Waals surface area contributed by atoms with Gasteiger partial charge in [-0.15, -0.1) is 0 Å². The van der Waals surface area contributed by atoms with E-state index in [0.717, 1.165) is 0 Å². The summed E-state index contributed by atoms with van der Waals surface area (Å²) in [6.45, 7) is 0. The number of hydrogen-bond acceptors (Lipinski definition) is 7. The molecule has 2 unspecified atom stereocenters. The number of carbonyl (C=O) groups is 1. The van der Waals surface area contributed by atoms with E-state index in [1.54, 1.807) is 24.3 Å². The smallest absolute Gasteiger partial charge is 0.173 e. The van der Waals surface area contributed by atoms with E-state index in [-0.39, 0.29) is 27.5 Å². The second kappa shape index (κ2) is 4.43. The highest BCUT2D eigenvalue weighted by Gasteiger charge is 2.45. The fourth-order valence-electron chi connectivity index (χ4n) is 2.93. The molecule has 0 bridgehead atoms. The van der Waals surface area contributed by atoms with Crippen molar-refractivity contribution in [1.29, 1.82) is 0 Å². The van der Waals surface area contributed by atoms with Crippen molar-refractivity contribution in [2.24, 2.45) is 17.6 Å². The van der Waals surface area contributed by atoms with Crippen molar-refractivity contribution in [2.45, 2.75) is 5.92 Å². The first kappa shape index (κ1) is 12.8. The van der Waals surface area contributed by atoms with Gasteiger partial charge in [0.15, 0.2) is 5.78 Å². The van der Waals surface area contributed by atoms with E-state index in [0.29, 0.717) is 11.1 Å². The van der Waals surface area contributed by atoms with E-state index >= 15 is 0 Å². The number of ketones is 1. The Labute approximate surface area is 114 Å². The van der Waals surface area contributed by atoms with E-state index in [2.05, 4.69) is 0 Å². The zero-order chi connectivity index (χ0) is 14.4. The van der Waals surface area contributed by atoms with Crippen LogP contribution in [0, 0.1) is 16.3 Å². The van der Waals surface area contributed by atoms with Crippen molar-refractivity contribution < 1.29 is 4.79 Å². The van der Waals surface area contributed by atoms with Crippen LogP contribution < -0.4 is 11.7 Å². The molecule has 4 N–H and O–H groups in total. The zero-order valence-electron chi connectivity index (χ0n) is 10.4. The minimum atomic E-state index is -0.796. The van der Waals surface area contributed by atoms with Crippen molar-refractivity contribution >= 4 is 5.78 Å². The third-order valence-corrected chi connectivity index (χ3v) is 3.75. The minimum Gasteiger partial charge on any atom is -0.744 e. The van der Waals surface area contributed by atoms with Gasteiger partial charge in [-0.05, 0) is 17.7 Å². The summed E-state index contributed by atoms with van der Waals surface area (Å²) in [6.07, 6.45) is 2.79. The Balaban J connectivity index is 2.19. The van der Waals surface area contributed by atoms with Gasteiger partial charge in [-0.1, -0.05) is 24.3 Å². The average molecular weight is 272 g/mol. The lowest BCUT2D eigenvalue weighted by Gasteiger charge is -2.40. The molecule has 0 saturated carbocycles. The molecule has 0 aliphatic heterocycles. The average Bonchev–Trinajstić information content (AvgIpc) is 2.72. The number of nitrogens with two attached hydrogens (primary N) is 2. The highest BCUT2D eigenvalue weighted by Crippen LogP contribution is 2.48. The van der Waals surface area contributed by atoms with Crippen LogP contribution in [0.1, 0.15) is 21.8 Å². The van der Waals surface area contributed by atoms with Crippen molar-refractivity contribution in [2.75, 3.05) is 0 Å². The zero-order valence-corrected chi connectivity index (χ0v) is 10.4. The number of fused-ring (bicyclic) bond motifs is 3. The standard InChI is InChI=1S/C13H12N4O3/c14-16(19)9-5-6-10(17(15)20)12-11(9)7-3-1-2-4-8(7)13(12)18/h1-6,11-12H,14-15H2/q-2. The van der Waals surface area contributed by atoms with Crippen molar-refractivity contribution in [3.63, 3.8) is 0 Å². The molecule has 0 saturated heterocycles. The Kier molecular flexibility index (Phi) is 2.84. The quantitative estimate of drug-likeness (QED) is 0.600. The molecule has 7 heteroatoms. The summed E-state index contributed by atoms with van der Waals surface area (Å²) < 4.78 is 0. The lowest BCUT2D eigenvalue weighted by molar-refractivity contribution is 0.0929. The number of hydrogen-bond donors (Lipinski definition) is 2. The lowest BCUT2D eigenvalue weighted by atomic mass is 9.83. The van der Waals surface area contributed by atoms with Crippen LogP contribution in [0.15, 0.2) is 47.8 Å². The predicted octanol–water partition coefficient (Wildman–Crippen LogP) is 0.711. The van der Waals surface area contributed by atoms with Gasteiger partial charge in [0.25, 0.3) is 0 Å². The van der Waals surface area contributed by atoms with Crippen LogP contribution in [0.2, 0.25) is 0 Å². The number of hydrazine groups is 2. The largest absolute Gasteiger partial charge is 0.744 e. The van der Waals surface area contributed by atoms with Crippen LogP contribution in [0.5, 0.6) is 0 Å². The van der Waals surface area contributed by atoms with Gasteiger partial charge < -0.3 is 20.8 Å². The van der Waals surface area contributed by atoms with Gasteiger partial charge in [-0.3, -0.25) is 16.5 Å². The molecule has 0 aromatic heterocycles. The van der Waals surface area contributed by atoms with Crippen molar-refractivity contribution in [3.05, 3.63) is 69.4 Å². The molecule has 2 aliphatic rings. The maximum atomic E-state index is 12.5. The van der Waals surface area contributed by atoms with E-state index in [4.69, 9.17) is 11.7 Å². The number of Topliss-reactive ketones (excluding diaryl/α,β-unsaturated/α-hetero) is 1. The number of benzene rings is 1. The van der Waals surface area contributed by atoms with Gasteiger partial charge in [0.1, 0.15) is 0 Å². The molecular formula is C13H12N4O3-2. The molecule has 7 nitrogen and oxygen atoms in total. The van der Waals surface area contributed by atoms with Gasteiger partial charge in [-0.25, -0.2) is 0 Å². The van der Waals surface area contributed by atoms with Crippen LogP contribution in [0.3, 0.4) is 0 Å². The molecule has 20 heavy (non-hydrogen) atoms. The summed E-state index contributed by atoms with van der Waals surface area (Å²) in [4.78, 5) is 12.5. The summed E-state index contributed by atoms with van der Waals surface area (Å²) in [7, 11) is 0. The molecular weight excluding hydrogens is 260 g/mol. The van der Waals surface area contributed by atoms with Gasteiger partial charge >= 0.3 is 0 Å². The van der Waals surface area contributed by atoms with Gasteiger partial charge in [0.2, 0.25) is 0 Å². The molecule has 0 radical (unpaired) electrons. The summed E-state index contributed by atoms with van der Waals surface area (Å²) in [6, 6.07) is 6.93. The molecule has 3 rings (SSSR count). The van der Waals surface area contributed by atoms with Crippen molar-refractivity contribution in [3.8, 4) is 0 Å². The number of carbonyl (C=O) groups excluding carboxylic acids is 1. The summed E-state index contributed by atoms with van der Waals surface area (Å²) >= 11 is 0. The minimum absolute atomic E-state index is 0.127. The number of hydroxylamine groups is 2. The summed E-state index contributed by atoms with van der Waals surface area (Å²) in [5, 5.41) is 23.3. The molecule has 2 atom stereocenters. The number of rotatable bonds is 2. The van der Waals surface area contributed by atoms with Gasteiger partial charge in [-0.2, -0.15) is 0 Å². The third kappa shape index (κ3) is 1.65. The Morgan fingerprint density at radius 3 is 2.10 bits per heavy atom. The second-order valence-corrected chi connectivity index (χ2v) is 4.74. The topological polar surface area (TPSA) is 122 Å². The molecule has 2 aliphatic carbocycles. The number of nitrogens with zero attached hydrogens (tertiary/aromatic N) is 2. The molecule has 0 fully saturated rings. The van der Waals surface area contributed by atoms with Gasteiger partial charge in [0.05, 0.1) is 5.92 Å². The molecule has 1 aromatic carbocycles. The molecule has 104 valence electrons. The molecule has 0 amide bonds. The fraction of sp³-hybridized carbons (Fsp3) is 0.154. The predicted molar refractivity (Wildman–Crippen MR) is 72.0 cm³/mol. The summed E-state index contributed by atoms with van der Waals surface area (Å²) in [5.74, 6) is 8.95. The second-order valence-electron chi connectivity index (χ2n) is 4.74. The number of allylic oxidation sites excluding steroid dienone is 4.